The molecule has 0 atom stereocenters. The molecule has 29 nitrogen and oxygen atoms in total. The van der Waals surface area contributed by atoms with E-state index in [1.54, 1.807) is 0 Å². The number of ether oxygens (including phenoxy) is 1. The molecule has 0 unspecified atom stereocenters. The molecule has 122 heavy (non-hydrogen) atoms. The second kappa shape index (κ2) is 45.4. The molecule has 658 valence electrons. The average molecular weight is 1670 g/mol. The summed E-state index contributed by atoms with van der Waals surface area (Å²) in [5.74, 6) is 16.8. The Bertz CT molecular complexity index is 4810. The van der Waals surface area contributed by atoms with Crippen LogP contribution in [-0.4, -0.2) is 144 Å². The predicted octanol–water partition coefficient (Wildman–Crippen LogP) is 16.2. The average Bonchev–Trinajstić information content (AvgIpc) is 1.68. The fourth-order valence-corrected chi connectivity index (χ4v) is 18.2. The molecular formula is C93H140N28O. The third-order valence-corrected chi connectivity index (χ3v) is 24.5. The van der Waals surface area contributed by atoms with Gasteiger partial charge in [0.25, 0.3) is 0 Å². The lowest BCUT2D eigenvalue weighted by Gasteiger charge is -2.14. The van der Waals surface area contributed by atoms with Gasteiger partial charge < -0.3 is 42.9 Å². The van der Waals surface area contributed by atoms with Crippen molar-refractivity contribution in [2.75, 3.05) is 6.61 Å². The molecule has 0 saturated heterocycles. The largest absolute Gasteiger partial charge is 0.372 e. The van der Waals surface area contributed by atoms with E-state index >= 15 is 0 Å². The van der Waals surface area contributed by atoms with E-state index in [1.165, 1.54) is 342 Å². The Balaban J connectivity index is 0.000000115. The first-order valence-corrected chi connectivity index (χ1v) is 46.5. The van der Waals surface area contributed by atoms with Gasteiger partial charge in [0.15, 0.2) is 11.6 Å². The molecule has 0 spiro atoms. The zero-order valence-electron chi connectivity index (χ0n) is 75.8. The highest BCUT2D eigenvalue weighted by atomic mass is 16.5. The SMILES string of the molecule is Cc1nc2c([nH]1)CCC2.Cc1nc2c([nH]1)CCCC2.Cc1nc2c([nH]1)CCCCC2.Cc1nc2c([nH]1)CCCCC2.Cc1nc2n(n1)CCC2.Cc1nc2n(n1)CCC=C2.Cc1nc2n(n1)CCCC2.Cc1nc2n(n1)CCOC2.Cc1ncc2n1CCC2.Cc1ncc2n1CCCC2.Cc1ncc2n1CCCCC2.Cc1ncc2n1CCCCCC2. The van der Waals surface area contributed by atoms with Crippen molar-refractivity contribution >= 4 is 6.08 Å². The van der Waals surface area contributed by atoms with Gasteiger partial charge in [-0.2, -0.15) is 20.4 Å². The summed E-state index contributed by atoms with van der Waals surface area (Å²) in [6.45, 7) is 34.2. The number of aromatic amines is 4. The van der Waals surface area contributed by atoms with Crippen LogP contribution in [0.1, 0.15) is 309 Å². The zero-order valence-corrected chi connectivity index (χ0v) is 75.8. The Morgan fingerprint density at radius 3 is 1.05 bits per heavy atom. The highest BCUT2D eigenvalue weighted by Crippen LogP contribution is 2.25. The van der Waals surface area contributed by atoms with Crippen LogP contribution < -0.4 is 0 Å². The molecule has 0 fully saturated rings. The number of fused-ring (bicyclic) bond motifs is 12. The molecule has 4 N–H and O–H groups in total. The number of nitrogens with one attached hydrogen (secondary N) is 4. The maximum Gasteiger partial charge on any atom is 0.153 e. The summed E-state index contributed by atoms with van der Waals surface area (Å²) in [6.07, 6.45) is 59.1. The van der Waals surface area contributed by atoms with Crippen LogP contribution in [0.25, 0.3) is 6.08 Å². The lowest BCUT2D eigenvalue weighted by Crippen LogP contribution is -2.17. The molecular weight excluding hydrogens is 1530 g/mol. The monoisotopic (exact) mass is 1670 g/mol. The standard InChI is InChI=1S/C10H16N2.3C9H14N2.2C8H12N2.C7H11N3.C7H9N3.2C7H10N2.C6H9N3O.C6H9N3/c1-9-11-8-10-6-4-2-3-5-7-12(9)10;1-8-10-7-9-5-3-2-4-6-11(8)9;2*1-7-10-8-5-3-2-4-6-9(8)11-7;1-7-9-6-8-4-2-3-5-10(7)8;1-6-9-7-4-2-3-5-8(7)10-6;2*1-6-8-7-4-2-3-5-10(7)9-6;1-6-8-5-7-3-2-4-9(6)7;1-5-8-6-3-2-4-7(6)9-5;1-5-7-6-4-10-3-2-9(6)8-5;1-5-7-6-3-2-4-9(6)8-5/h8H,2-7H2,1H3;7H,2-6H2,1H3;2*2-6H2,1H3,(H,10,11);6H,2-5H2,1H3;2-5H2,1H3,(H,9,10);2-5H2,1H3;2,4H,3,5H2,1H3;5H,2-4H2,1H3;2-4H2,1H3,(H,8,9);2-4H2,1H3;2-4H2,1H3. The molecule has 12 aliphatic rings. The normalized spacial score (nSPS) is 16.9. The first-order chi connectivity index (χ1) is 59.4. The second-order valence-electron chi connectivity index (χ2n) is 34.4. The molecule has 0 aromatic carbocycles. The van der Waals surface area contributed by atoms with Crippen LogP contribution in [0.2, 0.25) is 0 Å². The smallest absolute Gasteiger partial charge is 0.153 e. The van der Waals surface area contributed by atoms with Gasteiger partial charge in [-0.25, -0.2) is 78.5 Å². The molecule has 29 heteroatoms. The van der Waals surface area contributed by atoms with E-state index in [2.05, 4.69) is 152 Å². The number of H-pyrrole nitrogens is 4. The molecule has 12 aromatic rings. The molecule has 12 aromatic heterocycles. The van der Waals surface area contributed by atoms with Crippen molar-refractivity contribution < 1.29 is 4.74 Å². The number of hydrogen-bond donors (Lipinski definition) is 4. The van der Waals surface area contributed by atoms with Gasteiger partial charge in [0.05, 0.1) is 35.9 Å². The van der Waals surface area contributed by atoms with Crippen molar-refractivity contribution in [1.29, 1.82) is 0 Å². The highest BCUT2D eigenvalue weighted by molar-refractivity contribution is 5.41. The van der Waals surface area contributed by atoms with Crippen molar-refractivity contribution in [3.05, 3.63) is 192 Å². The summed E-state index contributed by atoms with van der Waals surface area (Å²) in [5, 5.41) is 16.8. The van der Waals surface area contributed by atoms with E-state index < -0.39 is 0 Å². The van der Waals surface area contributed by atoms with Gasteiger partial charge >= 0.3 is 0 Å². The summed E-state index contributed by atoms with van der Waals surface area (Å²) in [7, 11) is 0. The van der Waals surface area contributed by atoms with Crippen LogP contribution in [0.4, 0.5) is 0 Å². The minimum Gasteiger partial charge on any atom is -0.372 e. The molecule has 0 bridgehead atoms. The number of aromatic nitrogens is 28. The van der Waals surface area contributed by atoms with Crippen LogP contribution in [0, 0.1) is 83.1 Å². The van der Waals surface area contributed by atoms with Gasteiger partial charge in [0.2, 0.25) is 0 Å². The Morgan fingerprint density at radius 2 is 0.582 bits per heavy atom. The third-order valence-electron chi connectivity index (χ3n) is 24.5. The lowest BCUT2D eigenvalue weighted by molar-refractivity contribution is 0.0769. The second-order valence-corrected chi connectivity index (χ2v) is 34.4. The van der Waals surface area contributed by atoms with Crippen molar-refractivity contribution in [2.24, 2.45) is 0 Å². The third kappa shape index (κ3) is 26.0. The van der Waals surface area contributed by atoms with E-state index in [0.717, 1.165) is 116 Å². The van der Waals surface area contributed by atoms with Gasteiger partial charge in [-0.3, -0.25) is 0 Å². The van der Waals surface area contributed by atoms with Crippen molar-refractivity contribution in [1.82, 2.24) is 137 Å². The summed E-state index contributed by atoms with van der Waals surface area (Å²) < 4.78 is 22.4. The molecule has 0 saturated carbocycles. The fraction of sp³-hybridized carbons (Fsp3) is 0.634. The first-order valence-electron chi connectivity index (χ1n) is 46.5. The van der Waals surface area contributed by atoms with Gasteiger partial charge in [-0.05, 0) is 282 Å². The Morgan fingerprint density at radius 1 is 0.270 bits per heavy atom. The minimum absolute atomic E-state index is 0.612. The number of aryl methyl sites for hydroxylation is 29. The Hall–Kier alpha value is -10.1. The predicted molar refractivity (Wildman–Crippen MR) is 477 cm³/mol. The number of rotatable bonds is 0. The van der Waals surface area contributed by atoms with Crippen LogP contribution in [0.15, 0.2) is 30.9 Å². The molecule has 8 aliphatic heterocycles. The van der Waals surface area contributed by atoms with E-state index in [-0.39, 0.29) is 0 Å². The highest BCUT2D eigenvalue weighted by Gasteiger charge is 2.20. The Kier molecular flexibility index (Phi) is 33.3. The quantitative estimate of drug-likeness (QED) is 0.103. The lowest BCUT2D eigenvalue weighted by atomic mass is 10.0. The summed E-state index contributed by atoms with van der Waals surface area (Å²) >= 11 is 0. The zero-order chi connectivity index (χ0) is 85.1. The summed E-state index contributed by atoms with van der Waals surface area (Å²) in [4.78, 5) is 64.9. The molecule has 0 amide bonds. The number of nitrogens with zero attached hydrogens (tertiary/aromatic N) is 24. The number of hydrogen-bond acceptors (Lipinski definition) is 17. The van der Waals surface area contributed by atoms with Crippen LogP contribution in [0.3, 0.4) is 0 Å². The number of allylic oxidation sites excluding steroid dienone is 1. The maximum absolute atomic E-state index is 5.19. The first kappa shape index (κ1) is 89.7. The maximum atomic E-state index is 5.19. The van der Waals surface area contributed by atoms with E-state index in [4.69, 9.17) is 4.74 Å². The van der Waals surface area contributed by atoms with Gasteiger partial charge in [0.1, 0.15) is 88.1 Å². The minimum atomic E-state index is 0.612. The van der Waals surface area contributed by atoms with Crippen LogP contribution in [0.5, 0.6) is 0 Å². The van der Waals surface area contributed by atoms with Crippen molar-refractivity contribution in [3.8, 4) is 0 Å². The number of imidazole rings is 8. The van der Waals surface area contributed by atoms with Gasteiger partial charge in [-0.15, -0.1) is 0 Å². The van der Waals surface area contributed by atoms with Gasteiger partial charge in [-0.1, -0.05) is 38.2 Å². The summed E-state index contributed by atoms with van der Waals surface area (Å²) in [6, 6.07) is 0. The Labute approximate surface area is 722 Å². The van der Waals surface area contributed by atoms with Crippen LogP contribution >= 0.6 is 0 Å². The van der Waals surface area contributed by atoms with E-state index in [1.807, 2.05) is 105 Å². The summed E-state index contributed by atoms with van der Waals surface area (Å²) in [5.41, 5.74) is 16.5. The van der Waals surface area contributed by atoms with Crippen molar-refractivity contribution in [2.45, 2.75) is 380 Å². The molecule has 0 radical (unpaired) electrons. The van der Waals surface area contributed by atoms with Crippen LogP contribution in [-0.2, 0) is 154 Å². The molecule has 20 heterocycles. The molecule has 24 rings (SSSR count). The van der Waals surface area contributed by atoms with E-state index in [0.29, 0.717) is 6.61 Å². The van der Waals surface area contributed by atoms with E-state index in [9.17, 15) is 0 Å². The molecule has 4 aliphatic carbocycles. The fourth-order valence-electron chi connectivity index (χ4n) is 18.2. The topological polar surface area (TPSA) is 318 Å². The van der Waals surface area contributed by atoms with Gasteiger partial charge in [0, 0.05) is 129 Å². The van der Waals surface area contributed by atoms with Crippen molar-refractivity contribution in [3.63, 3.8) is 0 Å².